The Morgan fingerprint density at radius 3 is 2.10 bits per heavy atom. The zero-order chi connectivity index (χ0) is 50.6. The van der Waals surface area contributed by atoms with Crippen molar-refractivity contribution >= 4 is 40.3 Å². The van der Waals surface area contributed by atoms with Crippen LogP contribution < -0.4 is 10.9 Å². The molecule has 0 spiro atoms. The Morgan fingerprint density at radius 1 is 0.671 bits per heavy atom. The van der Waals surface area contributed by atoms with Gasteiger partial charge in [0.25, 0.3) is 17.4 Å². The average Bonchev–Trinajstić information content (AvgIpc) is 4.28. The molecule has 73 heavy (non-hydrogen) atoms. The van der Waals surface area contributed by atoms with Crippen LogP contribution in [0, 0.1) is 35.3 Å². The third kappa shape index (κ3) is 11.7. The van der Waals surface area contributed by atoms with Gasteiger partial charge >= 0.3 is 0 Å². The predicted molar refractivity (Wildman–Crippen MR) is 273 cm³/mol. The topological polar surface area (TPSA) is 159 Å². The van der Waals surface area contributed by atoms with Crippen LogP contribution in [0.5, 0.6) is 0 Å². The van der Waals surface area contributed by atoms with Gasteiger partial charge in [-0.3, -0.25) is 33.7 Å². The lowest BCUT2D eigenvalue weighted by Gasteiger charge is -2.39. The number of piperazine rings is 1. The first kappa shape index (κ1) is 50.5. The maximum absolute atomic E-state index is 16.3. The van der Waals surface area contributed by atoms with Crippen LogP contribution in [-0.4, -0.2) is 142 Å². The fraction of sp³-hybridized carbons (Fsp3) is 0.561. The number of halogens is 2. The lowest BCUT2D eigenvalue weighted by molar-refractivity contribution is -0.137. The van der Waals surface area contributed by atoms with Crippen LogP contribution in [0.4, 0.5) is 8.78 Å². The second-order valence-electron chi connectivity index (χ2n) is 21.9. The van der Waals surface area contributed by atoms with E-state index in [0.29, 0.717) is 105 Å². The molecule has 16 heteroatoms. The number of nitrogens with zero attached hydrogens (tertiary/aromatic N) is 6. The van der Waals surface area contributed by atoms with Gasteiger partial charge in [-0.25, -0.2) is 13.9 Å². The molecular weight excluding hydrogens is 931 g/mol. The van der Waals surface area contributed by atoms with Crippen LogP contribution in [-0.2, 0) is 20.8 Å². The van der Waals surface area contributed by atoms with Gasteiger partial charge in [-0.15, -0.1) is 0 Å². The van der Waals surface area contributed by atoms with Crippen molar-refractivity contribution in [1.29, 1.82) is 0 Å². The highest BCUT2D eigenvalue weighted by Crippen LogP contribution is 2.37. The maximum Gasteiger partial charge on any atom is 0.272 e. The summed E-state index contributed by atoms with van der Waals surface area (Å²) in [6, 6.07) is 15.9. The number of piperidine rings is 3. The summed E-state index contributed by atoms with van der Waals surface area (Å²) in [5.74, 6) is -1.02. The number of likely N-dealkylation sites (tertiary alicyclic amines) is 3. The van der Waals surface area contributed by atoms with E-state index in [1.54, 1.807) is 46.2 Å². The SMILES string of the molecule is O=C(NC(C(=O)N1CCC(CC2CCN(CC(=O)N3CCN(C(=O)c4cc(Cc5n[nH]c(=O)c6ccccc56)ccc4F)CC3)CC2)CC1)C1CCCCC1)c1cccc(C2CCCN(C(=O)C3CC3)C2)c1F. The van der Waals surface area contributed by atoms with Gasteiger partial charge < -0.3 is 24.9 Å². The summed E-state index contributed by atoms with van der Waals surface area (Å²) in [5, 5.41) is 11.0. The Kier molecular flexibility index (Phi) is 15.6. The fourth-order valence-electron chi connectivity index (χ4n) is 12.5. The quantitative estimate of drug-likeness (QED) is 0.146. The number of amides is 5. The summed E-state index contributed by atoms with van der Waals surface area (Å²) in [5.41, 5.74) is 1.43. The highest BCUT2D eigenvalue weighted by molar-refractivity contribution is 5.98. The highest BCUT2D eigenvalue weighted by Gasteiger charge is 2.39. The molecular formula is C57H70F2N8O6. The molecule has 4 aromatic rings. The minimum Gasteiger partial charge on any atom is -0.342 e. The van der Waals surface area contributed by atoms with E-state index < -0.39 is 29.5 Å². The van der Waals surface area contributed by atoms with Crippen molar-refractivity contribution in [2.24, 2.45) is 23.7 Å². The first-order valence-electron chi connectivity index (χ1n) is 27.2. The van der Waals surface area contributed by atoms with Crippen molar-refractivity contribution in [3.8, 4) is 0 Å². The number of benzene rings is 3. The van der Waals surface area contributed by atoms with Crippen molar-refractivity contribution < 1.29 is 32.8 Å². The summed E-state index contributed by atoms with van der Waals surface area (Å²) in [7, 11) is 0. The molecule has 2 unspecified atom stereocenters. The van der Waals surface area contributed by atoms with Crippen LogP contribution in [0.1, 0.15) is 133 Å². The zero-order valence-electron chi connectivity index (χ0n) is 42.0. The highest BCUT2D eigenvalue weighted by atomic mass is 19.1. The number of carbonyl (C=O) groups excluding carboxylic acids is 5. The van der Waals surface area contributed by atoms with Gasteiger partial charge in [0.1, 0.15) is 17.7 Å². The fourth-order valence-corrected chi connectivity index (χ4v) is 12.5. The van der Waals surface area contributed by atoms with Crippen LogP contribution in [0.25, 0.3) is 10.8 Å². The second-order valence-corrected chi connectivity index (χ2v) is 21.9. The van der Waals surface area contributed by atoms with Gasteiger partial charge in [-0.2, -0.15) is 5.10 Å². The van der Waals surface area contributed by atoms with E-state index in [0.717, 1.165) is 103 Å². The Bertz CT molecular complexity index is 2730. The normalized spacial score (nSPS) is 21.3. The van der Waals surface area contributed by atoms with Crippen LogP contribution in [0.2, 0.25) is 0 Å². The maximum atomic E-state index is 16.3. The molecule has 2 atom stereocenters. The second kappa shape index (κ2) is 22.6. The first-order chi connectivity index (χ1) is 35.5. The summed E-state index contributed by atoms with van der Waals surface area (Å²) >= 11 is 0. The molecule has 10 rings (SSSR count). The molecule has 5 amide bonds. The number of fused-ring (bicyclic) bond motifs is 1. The van der Waals surface area contributed by atoms with Crippen molar-refractivity contribution in [1.82, 2.24) is 40.0 Å². The smallest absolute Gasteiger partial charge is 0.272 e. The van der Waals surface area contributed by atoms with E-state index in [4.69, 9.17) is 0 Å². The molecule has 5 heterocycles. The van der Waals surface area contributed by atoms with Gasteiger partial charge in [0.15, 0.2) is 0 Å². The third-order valence-corrected chi connectivity index (χ3v) is 17.0. The van der Waals surface area contributed by atoms with Gasteiger partial charge in [0, 0.05) is 76.0 Å². The predicted octanol–water partition coefficient (Wildman–Crippen LogP) is 6.91. The van der Waals surface area contributed by atoms with Crippen molar-refractivity contribution in [3.63, 3.8) is 0 Å². The number of hydrogen-bond acceptors (Lipinski definition) is 8. The molecule has 1 aromatic heterocycles. The van der Waals surface area contributed by atoms with Gasteiger partial charge in [-0.1, -0.05) is 55.7 Å². The molecule has 6 aliphatic rings. The molecule has 3 aromatic carbocycles. The number of rotatable bonds is 13. The molecule has 0 bridgehead atoms. The summed E-state index contributed by atoms with van der Waals surface area (Å²) in [6.45, 7) is 5.77. The van der Waals surface area contributed by atoms with Crippen molar-refractivity contribution in [2.45, 2.75) is 108 Å². The molecule has 388 valence electrons. The summed E-state index contributed by atoms with van der Waals surface area (Å²) < 4.78 is 31.4. The molecule has 14 nitrogen and oxygen atoms in total. The van der Waals surface area contributed by atoms with Crippen LogP contribution in [0.15, 0.2) is 65.5 Å². The van der Waals surface area contributed by atoms with Crippen LogP contribution >= 0.6 is 0 Å². The number of aromatic nitrogens is 2. The lowest BCUT2D eigenvalue weighted by Crippen LogP contribution is -2.54. The van der Waals surface area contributed by atoms with E-state index >= 15 is 8.78 Å². The Hall–Kier alpha value is -6.03. The Morgan fingerprint density at radius 2 is 1.37 bits per heavy atom. The molecule has 2 aliphatic carbocycles. The lowest BCUT2D eigenvalue weighted by atomic mass is 9.81. The van der Waals surface area contributed by atoms with Gasteiger partial charge in [0.05, 0.1) is 28.8 Å². The molecule has 6 fully saturated rings. The minimum atomic E-state index is -0.707. The van der Waals surface area contributed by atoms with E-state index in [-0.39, 0.29) is 52.2 Å². The summed E-state index contributed by atoms with van der Waals surface area (Å²) in [6.07, 6.45) is 13.4. The van der Waals surface area contributed by atoms with Gasteiger partial charge in [-0.05, 0) is 137 Å². The Balaban J connectivity index is 0.664. The number of H-pyrrole nitrogens is 1. The van der Waals surface area contributed by atoms with E-state index in [1.807, 2.05) is 21.9 Å². The molecule has 4 aliphatic heterocycles. The minimum absolute atomic E-state index is 0.00243. The first-order valence-corrected chi connectivity index (χ1v) is 27.2. The molecule has 2 saturated carbocycles. The van der Waals surface area contributed by atoms with E-state index in [9.17, 15) is 28.8 Å². The Labute approximate surface area is 426 Å². The number of nitrogens with one attached hydrogen (secondary N) is 2. The molecule has 2 N–H and O–H groups in total. The standard InChI is InChI=1S/C57H70F2N8O6/c58-48-18-15-39(34-49-44-11-4-5-12-45(44)54(70)62-61-49)33-47(48)56(72)66-30-28-64(29-31-66)50(68)36-63-24-19-37(20-25-63)32-38-21-26-65(27-22-38)57(73)52(40-8-2-1-3-9-40)60-53(69)46-14-6-13-43(51(46)59)42-10-7-23-67(35-42)55(71)41-16-17-41/h4-6,11-15,18,33,37-38,40-42,52H,1-3,7-10,16-17,19-32,34-36H2,(H,60,69)(H,62,70). The largest absolute Gasteiger partial charge is 0.342 e. The zero-order valence-corrected chi connectivity index (χ0v) is 42.0. The number of hydrogen-bond donors (Lipinski definition) is 2. The van der Waals surface area contributed by atoms with Crippen molar-refractivity contribution in [2.75, 3.05) is 72.0 Å². The molecule has 0 radical (unpaired) electrons. The van der Waals surface area contributed by atoms with E-state index in [1.165, 1.54) is 12.1 Å². The average molecular weight is 1000 g/mol. The monoisotopic (exact) mass is 1000 g/mol. The third-order valence-electron chi connectivity index (χ3n) is 17.0. The van der Waals surface area contributed by atoms with E-state index in [2.05, 4.69) is 20.4 Å². The van der Waals surface area contributed by atoms with Crippen molar-refractivity contribution in [3.05, 3.63) is 111 Å². The van der Waals surface area contributed by atoms with Crippen LogP contribution in [0.3, 0.4) is 0 Å². The molecule has 4 saturated heterocycles. The number of aromatic amines is 1. The van der Waals surface area contributed by atoms with Gasteiger partial charge in [0.2, 0.25) is 17.7 Å². The summed E-state index contributed by atoms with van der Waals surface area (Å²) in [4.78, 5) is 90.0. The number of carbonyl (C=O) groups is 5.